The van der Waals surface area contributed by atoms with Crippen LogP contribution in [0.15, 0.2) is 12.2 Å². The summed E-state index contributed by atoms with van der Waals surface area (Å²) in [7, 11) is -1.10. The van der Waals surface area contributed by atoms with Gasteiger partial charge in [-0.3, -0.25) is 0 Å². The van der Waals surface area contributed by atoms with E-state index in [-0.39, 0.29) is 0 Å². The maximum atomic E-state index is 5.64. The number of allylic oxidation sites excluding steroid dienone is 1. The zero-order chi connectivity index (χ0) is 9.99. The van der Waals surface area contributed by atoms with E-state index in [1.165, 1.54) is 0 Å². The molecule has 0 atom stereocenters. The minimum absolute atomic E-state index is 0.474. The molecule has 0 rings (SSSR count). The summed E-state index contributed by atoms with van der Waals surface area (Å²) in [6.45, 7) is 10.7. The first-order chi connectivity index (χ1) is 5.10. The Morgan fingerprint density at radius 2 is 1.67 bits per heavy atom. The third-order valence-electron chi connectivity index (χ3n) is 1.23. The van der Waals surface area contributed by atoms with Crippen molar-refractivity contribution in [3.8, 4) is 0 Å². The van der Waals surface area contributed by atoms with Crippen LogP contribution in [-0.2, 0) is 0 Å². The van der Waals surface area contributed by atoms with Gasteiger partial charge in [-0.15, -0.1) is 0 Å². The van der Waals surface area contributed by atoms with Crippen LogP contribution in [0.5, 0.6) is 0 Å². The maximum absolute atomic E-state index is 5.64. The first kappa shape index (κ1) is 12.8. The molecule has 0 spiro atoms. The molecule has 0 aliphatic carbocycles. The van der Waals surface area contributed by atoms with E-state index in [2.05, 4.69) is 26.2 Å². The molecule has 0 amide bonds. The molecule has 72 valence electrons. The van der Waals surface area contributed by atoms with Crippen LogP contribution in [0.3, 0.4) is 0 Å². The fraction of sp³-hybridized carbons (Fsp3) is 0.750. The van der Waals surface area contributed by atoms with Crippen molar-refractivity contribution in [3.05, 3.63) is 12.2 Å². The summed E-state index contributed by atoms with van der Waals surface area (Å²) in [6, 6.07) is 1.03. The fourth-order valence-corrected chi connectivity index (χ4v) is 3.29. The standard InChI is InChI=1S/C8H15Cl3Si/c1-7(5-8(9,10)11)6-12(2,3)4/h1,5-6H2,2-4H3. The number of hydrogen-bond acceptors (Lipinski definition) is 0. The van der Waals surface area contributed by atoms with Crippen LogP contribution in [0.25, 0.3) is 0 Å². The summed E-state index contributed by atoms with van der Waals surface area (Å²) in [5.74, 6) is 0. The third-order valence-corrected chi connectivity index (χ3v) is 3.19. The van der Waals surface area contributed by atoms with Crippen LogP contribution in [0.1, 0.15) is 6.42 Å². The predicted molar refractivity (Wildman–Crippen MR) is 62.2 cm³/mol. The zero-order valence-corrected chi connectivity index (χ0v) is 11.0. The first-order valence-electron chi connectivity index (χ1n) is 3.83. The van der Waals surface area contributed by atoms with Crippen LogP contribution >= 0.6 is 34.8 Å². The minimum atomic E-state index is -1.17. The number of rotatable bonds is 3. The molecule has 0 fully saturated rings. The Morgan fingerprint density at radius 3 is 1.92 bits per heavy atom. The Morgan fingerprint density at radius 1 is 1.25 bits per heavy atom. The average molecular weight is 246 g/mol. The van der Waals surface area contributed by atoms with Gasteiger partial charge in [-0.1, -0.05) is 66.6 Å². The smallest absolute Gasteiger partial charge is 0.1000 e. The quantitative estimate of drug-likeness (QED) is 0.386. The summed E-state index contributed by atoms with van der Waals surface area (Å²) in [4.78, 5) is 0. The van der Waals surface area contributed by atoms with E-state index in [1.54, 1.807) is 0 Å². The van der Waals surface area contributed by atoms with Crippen molar-refractivity contribution >= 4 is 42.9 Å². The average Bonchev–Trinajstić information content (AvgIpc) is 1.49. The normalized spacial score (nSPS) is 13.2. The second-order valence-corrected chi connectivity index (χ2v) is 12.3. The molecule has 0 radical (unpaired) electrons. The topological polar surface area (TPSA) is 0 Å². The van der Waals surface area contributed by atoms with E-state index in [9.17, 15) is 0 Å². The molecule has 0 aromatic heterocycles. The molecular formula is C8H15Cl3Si. The highest BCUT2D eigenvalue weighted by atomic mass is 35.6. The summed E-state index contributed by atoms with van der Waals surface area (Å²) in [6.07, 6.45) is 0.474. The molecule has 0 aromatic rings. The maximum Gasteiger partial charge on any atom is 0.194 e. The SMILES string of the molecule is C=C(CC(Cl)(Cl)Cl)C[Si](C)(C)C. The molecule has 12 heavy (non-hydrogen) atoms. The first-order valence-corrected chi connectivity index (χ1v) is 8.68. The van der Waals surface area contributed by atoms with Gasteiger partial charge in [0.2, 0.25) is 0 Å². The molecule has 0 nitrogen and oxygen atoms in total. The Hall–Kier alpha value is 0.827. The van der Waals surface area contributed by atoms with Crippen molar-refractivity contribution in [2.24, 2.45) is 0 Å². The molecule has 0 aromatic carbocycles. The second-order valence-electron chi connectivity index (χ2n) is 4.28. The lowest BCUT2D eigenvalue weighted by Crippen LogP contribution is -2.21. The van der Waals surface area contributed by atoms with Crippen LogP contribution in [0.2, 0.25) is 25.7 Å². The third kappa shape index (κ3) is 8.92. The molecule has 0 aliphatic rings. The zero-order valence-electron chi connectivity index (χ0n) is 7.76. The van der Waals surface area contributed by atoms with Crippen LogP contribution in [-0.4, -0.2) is 11.9 Å². The number of hydrogen-bond donors (Lipinski definition) is 0. The van der Waals surface area contributed by atoms with Crippen LogP contribution in [0.4, 0.5) is 0 Å². The van der Waals surface area contributed by atoms with Gasteiger partial charge in [0.05, 0.1) is 0 Å². The van der Waals surface area contributed by atoms with Crippen molar-refractivity contribution in [2.45, 2.75) is 35.9 Å². The van der Waals surface area contributed by atoms with Crippen molar-refractivity contribution in [1.82, 2.24) is 0 Å². The highest BCUT2D eigenvalue weighted by Crippen LogP contribution is 2.35. The minimum Gasteiger partial charge on any atom is -0.1000 e. The van der Waals surface area contributed by atoms with Crippen molar-refractivity contribution < 1.29 is 0 Å². The van der Waals surface area contributed by atoms with Gasteiger partial charge in [-0.2, -0.15) is 0 Å². The van der Waals surface area contributed by atoms with E-state index < -0.39 is 11.9 Å². The highest BCUT2D eigenvalue weighted by Gasteiger charge is 2.23. The lowest BCUT2D eigenvalue weighted by Gasteiger charge is -2.20. The van der Waals surface area contributed by atoms with E-state index in [4.69, 9.17) is 34.8 Å². The Bertz CT molecular complexity index is 146. The Balaban J connectivity index is 3.92. The van der Waals surface area contributed by atoms with Gasteiger partial charge in [-0.05, 0) is 6.04 Å². The summed E-state index contributed by atoms with van der Waals surface area (Å²) >= 11 is 16.9. The summed E-state index contributed by atoms with van der Waals surface area (Å²) in [5.41, 5.74) is 1.05. The van der Waals surface area contributed by atoms with E-state index in [0.717, 1.165) is 11.6 Å². The lowest BCUT2D eigenvalue weighted by molar-refractivity contribution is 0.990. The molecule has 0 unspecified atom stereocenters. The number of alkyl halides is 3. The van der Waals surface area contributed by atoms with Crippen molar-refractivity contribution in [1.29, 1.82) is 0 Å². The van der Waals surface area contributed by atoms with Gasteiger partial charge in [0.25, 0.3) is 0 Å². The highest BCUT2D eigenvalue weighted by molar-refractivity contribution is 6.76. The second kappa shape index (κ2) is 4.36. The molecule has 0 heterocycles. The van der Waals surface area contributed by atoms with Gasteiger partial charge in [0.15, 0.2) is 3.79 Å². The van der Waals surface area contributed by atoms with E-state index in [1.807, 2.05) is 0 Å². The molecule has 4 heteroatoms. The summed E-state index contributed by atoms with van der Waals surface area (Å²) < 4.78 is -1.17. The predicted octanol–water partition coefficient (Wildman–Crippen LogP) is 4.64. The molecular weight excluding hydrogens is 231 g/mol. The molecule has 0 bridgehead atoms. The van der Waals surface area contributed by atoms with Gasteiger partial charge in [0.1, 0.15) is 0 Å². The molecule has 0 aliphatic heterocycles. The fourth-order valence-electron chi connectivity index (χ4n) is 1.10. The molecule has 0 saturated carbocycles. The molecule has 0 N–H and O–H groups in total. The molecule has 0 saturated heterocycles. The lowest BCUT2D eigenvalue weighted by atomic mass is 10.3. The van der Waals surface area contributed by atoms with Gasteiger partial charge < -0.3 is 0 Å². The van der Waals surface area contributed by atoms with Gasteiger partial charge in [0, 0.05) is 14.5 Å². The Labute approximate surface area is 90.9 Å². The Kier molecular flexibility index (Phi) is 4.66. The van der Waals surface area contributed by atoms with Crippen LogP contribution in [0, 0.1) is 0 Å². The largest absolute Gasteiger partial charge is 0.194 e. The number of halogens is 3. The van der Waals surface area contributed by atoms with Gasteiger partial charge in [-0.25, -0.2) is 0 Å². The van der Waals surface area contributed by atoms with Gasteiger partial charge >= 0.3 is 0 Å². The van der Waals surface area contributed by atoms with Crippen LogP contribution < -0.4 is 0 Å². The van der Waals surface area contributed by atoms with E-state index in [0.29, 0.717) is 6.42 Å². The van der Waals surface area contributed by atoms with E-state index >= 15 is 0 Å². The monoisotopic (exact) mass is 244 g/mol. The van der Waals surface area contributed by atoms with Crippen molar-refractivity contribution in [2.75, 3.05) is 0 Å². The van der Waals surface area contributed by atoms with Crippen molar-refractivity contribution in [3.63, 3.8) is 0 Å². The summed E-state index contributed by atoms with van der Waals surface area (Å²) in [5, 5.41) is 0.